The van der Waals surface area contributed by atoms with Gasteiger partial charge in [0.15, 0.2) is 46.6 Å². The minimum absolute atomic E-state index is 0.161. The number of amides is 4. The second-order valence-electron chi connectivity index (χ2n) is 25.6. The highest BCUT2D eigenvalue weighted by Gasteiger charge is 2.28. The van der Waals surface area contributed by atoms with Gasteiger partial charge in [0.1, 0.15) is 103 Å². The molecule has 0 bridgehead atoms. The van der Waals surface area contributed by atoms with E-state index < -0.39 is 104 Å². The predicted molar refractivity (Wildman–Crippen MR) is 402 cm³/mol. The zero-order valence-electron chi connectivity index (χ0n) is 59.4. The van der Waals surface area contributed by atoms with Crippen LogP contribution in [-0.2, 0) is 0 Å². The number of hydrogen-bond acceptors (Lipinski definition) is 14. The molecule has 37 heteroatoms. The molecule has 0 radical (unpaired) electrons. The summed E-state index contributed by atoms with van der Waals surface area (Å²) >= 11 is 6.11. The number of H-pyrrole nitrogens is 8. The van der Waals surface area contributed by atoms with Crippen molar-refractivity contribution >= 4 is 102 Å². The number of imidazole rings is 4. The van der Waals surface area contributed by atoms with Crippen molar-refractivity contribution in [2.45, 2.75) is 33.6 Å². The van der Waals surface area contributed by atoms with Gasteiger partial charge < -0.3 is 45.9 Å². The summed E-state index contributed by atoms with van der Waals surface area (Å²) in [6.07, 6.45) is 7.79. The van der Waals surface area contributed by atoms with Crippen LogP contribution in [0.3, 0.4) is 0 Å². The summed E-state index contributed by atoms with van der Waals surface area (Å²) in [4.78, 5) is 80.8. The number of nitrogens with one attached hydrogen (secondary N) is 12. The molecule has 0 unspecified atom stereocenters. The number of likely N-dealkylation sites (tertiary alicyclic amines) is 1. The molecule has 0 atom stereocenters. The van der Waals surface area contributed by atoms with Crippen molar-refractivity contribution in [3.8, 4) is 51.8 Å². The monoisotopic (exact) mass is 1580 g/mol. The number of para-hydroxylation sites is 1. The molecule has 12 N–H and O–H groups in total. The Balaban J connectivity index is 0.000000126. The summed E-state index contributed by atoms with van der Waals surface area (Å²) in [6, 6.07) is 31.6. The van der Waals surface area contributed by atoms with Gasteiger partial charge in [0, 0.05) is 18.2 Å². The van der Waals surface area contributed by atoms with Gasteiger partial charge in [0.05, 0.1) is 80.1 Å². The van der Waals surface area contributed by atoms with Gasteiger partial charge in [-0.05, 0) is 143 Å². The number of nitrogens with zero attached hydrogens (tertiary/aromatic N) is 9. The van der Waals surface area contributed by atoms with E-state index in [1.807, 2.05) is 43.3 Å². The van der Waals surface area contributed by atoms with Gasteiger partial charge >= 0.3 is 0 Å². The zero-order chi connectivity index (χ0) is 80.2. The molecular weight excluding hydrogens is 1520 g/mol. The molecule has 8 aromatic carbocycles. The maximum Gasteiger partial charge on any atom is 0.261 e. The van der Waals surface area contributed by atoms with Gasteiger partial charge in [-0.2, -0.15) is 20.4 Å². The average Bonchev–Trinajstić information content (AvgIpc) is 1.62. The first-order chi connectivity index (χ1) is 54.9. The second-order valence-corrected chi connectivity index (χ2v) is 26.0. The molecule has 4 amide bonds. The summed E-state index contributed by atoms with van der Waals surface area (Å²) in [5.74, 6) is -14.9. The van der Waals surface area contributed by atoms with E-state index in [0.717, 1.165) is 96.2 Å². The maximum atomic E-state index is 13.9. The lowest BCUT2D eigenvalue weighted by Crippen LogP contribution is -2.25. The van der Waals surface area contributed by atoms with E-state index in [0.29, 0.717) is 74.0 Å². The number of halogens is 11. The molecule has 1 saturated heterocycles. The highest BCUT2D eigenvalue weighted by molar-refractivity contribution is 6.35. The lowest BCUT2D eigenvalue weighted by Gasteiger charge is -2.14. The number of ether oxygens (including phenoxy) is 1. The lowest BCUT2D eigenvalue weighted by atomic mass is 10.1. The van der Waals surface area contributed by atoms with Crippen molar-refractivity contribution in [2.24, 2.45) is 0 Å². The Morgan fingerprint density at radius 2 is 0.842 bits per heavy atom. The van der Waals surface area contributed by atoms with Crippen LogP contribution in [0.25, 0.3) is 90.2 Å². The van der Waals surface area contributed by atoms with Crippen LogP contribution >= 0.6 is 11.6 Å². The number of anilines is 4. The van der Waals surface area contributed by atoms with E-state index in [1.54, 1.807) is 36.5 Å². The van der Waals surface area contributed by atoms with Crippen molar-refractivity contribution in [1.82, 2.24) is 85.6 Å². The molecule has 1 fully saturated rings. The number of aromatic amines is 8. The van der Waals surface area contributed by atoms with Gasteiger partial charge in [-0.1, -0.05) is 53.6 Å². The van der Waals surface area contributed by atoms with Crippen molar-refractivity contribution < 1.29 is 67.8 Å². The first-order valence-corrected chi connectivity index (χ1v) is 34.8. The topological polar surface area (TPSA) is 358 Å². The summed E-state index contributed by atoms with van der Waals surface area (Å²) < 4.78 is 143. The van der Waals surface area contributed by atoms with Gasteiger partial charge in [-0.3, -0.25) is 44.5 Å². The van der Waals surface area contributed by atoms with Crippen LogP contribution in [0.5, 0.6) is 5.75 Å². The molecule has 8 aromatic heterocycles. The van der Waals surface area contributed by atoms with Crippen molar-refractivity contribution in [3.05, 3.63) is 254 Å². The molecule has 16 aromatic rings. The van der Waals surface area contributed by atoms with E-state index in [4.69, 9.17) is 16.3 Å². The zero-order valence-corrected chi connectivity index (χ0v) is 60.2. The Labute approximate surface area is 640 Å². The maximum absolute atomic E-state index is 13.9. The normalized spacial score (nSPS) is 12.0. The fourth-order valence-electron chi connectivity index (χ4n) is 12.1. The molecule has 0 spiro atoms. The standard InChI is InChI=1S/C23H22F2N6O2.C20H19N5O.C17H10ClF2N5O.C17H7F6N5O/c24-15-4-3-5-16(25)20(15)23(32)29-19-13-26-30-21(19)22-27-17-7-6-14(12-18(17)28-22)33-11-10-31-8-1-2-9-31;1-11-4-6-14(7-5-11)20(26)24-17-10-21-25-18(17)19-22-15-8-12(2)13(3)9-16(15)23-19;18-8-3-1-6-11-14(8)24-16(22-11)15-12(7-21-25-15)23-17(26)13-9(19)4-2-5-10(13)20;18-5-2-1-3-6(19)8(5)17(29)25-7-4-24-28-13(7)16-26-14-11(22)9(20)10(21)12(23)15(14)27-16/h3-7,12-13H,1-2,8-11H2,(H,26,30)(H,27,28)(H,29,32);4-10H,1-3H3,(H,21,25)(H,22,23)(H,24,26);1-7H,(H,21,25)(H,22,24)(H,23,26);1-4H,(H,24,28)(H,25,29)(H,26,27). The number of aromatic nitrogens is 16. The van der Waals surface area contributed by atoms with E-state index in [9.17, 15) is 63.1 Å². The van der Waals surface area contributed by atoms with Gasteiger partial charge in [0.25, 0.3) is 23.6 Å². The van der Waals surface area contributed by atoms with Gasteiger partial charge in [0.2, 0.25) is 0 Å². The fourth-order valence-corrected chi connectivity index (χ4v) is 12.3. The molecule has 1 aliphatic heterocycles. The molecular formula is C77H58ClF10N21O5. The predicted octanol–water partition coefficient (Wildman–Crippen LogP) is 16.3. The van der Waals surface area contributed by atoms with Crippen molar-refractivity contribution in [3.63, 3.8) is 0 Å². The van der Waals surface area contributed by atoms with Gasteiger partial charge in [-0.25, -0.2) is 63.8 Å². The van der Waals surface area contributed by atoms with Crippen LogP contribution in [-0.4, -0.2) is 135 Å². The van der Waals surface area contributed by atoms with Gasteiger partial charge in [-0.15, -0.1) is 0 Å². The smallest absolute Gasteiger partial charge is 0.261 e. The minimum atomic E-state index is -2.04. The SMILES string of the molecule is Cc1ccc(C(=O)Nc2cn[nH]c2-c2nc3cc(C)c(C)cc3[nH]2)cc1.O=C(Nc1cn[nH]c1-c1nc2c(Cl)cccc2[nH]1)c1c(F)cccc1F.O=C(Nc1cn[nH]c1-c1nc2c(F)c(F)c(F)c(F)c2[nH]1)c1c(F)cccc1F.O=C(Nc1cn[nH]c1-c1nc2ccc(OCCN3CCCC3)cc2[nH]1)c1c(F)cccc1F. The average molecular weight is 1580 g/mol. The third kappa shape index (κ3) is 16.2. The number of rotatable bonds is 16. The minimum Gasteiger partial charge on any atom is -0.492 e. The molecule has 578 valence electrons. The molecule has 114 heavy (non-hydrogen) atoms. The van der Waals surface area contributed by atoms with E-state index >= 15 is 0 Å². The third-order valence-electron chi connectivity index (χ3n) is 18.0. The Hall–Kier alpha value is -14.3. The fraction of sp³-hybridized carbons (Fsp3) is 0.117. The van der Waals surface area contributed by atoms with Crippen LogP contribution in [0.4, 0.5) is 66.7 Å². The van der Waals surface area contributed by atoms with Crippen molar-refractivity contribution in [1.29, 1.82) is 0 Å². The summed E-state index contributed by atoms with van der Waals surface area (Å²) in [5, 5.41) is 36.7. The number of carbonyl (C=O) groups is 4. The number of hydrogen-bond donors (Lipinski definition) is 12. The van der Waals surface area contributed by atoms with Crippen molar-refractivity contribution in [2.75, 3.05) is 47.5 Å². The van der Waals surface area contributed by atoms with Crippen LogP contribution in [0, 0.1) is 78.9 Å². The quantitative estimate of drug-likeness (QED) is 0.0243. The highest BCUT2D eigenvalue weighted by atomic mass is 35.5. The molecule has 9 heterocycles. The number of aryl methyl sites for hydroxylation is 3. The summed E-state index contributed by atoms with van der Waals surface area (Å²) in [7, 11) is 0. The van der Waals surface area contributed by atoms with Crippen LogP contribution in [0.2, 0.25) is 5.02 Å². The largest absolute Gasteiger partial charge is 0.492 e. The second kappa shape index (κ2) is 32.7. The first kappa shape index (κ1) is 76.5. The first-order valence-electron chi connectivity index (χ1n) is 34.4. The van der Waals surface area contributed by atoms with Crippen LogP contribution in [0.15, 0.2) is 152 Å². The van der Waals surface area contributed by atoms with E-state index in [2.05, 4.69) is 127 Å². The summed E-state index contributed by atoms with van der Waals surface area (Å²) in [6.45, 7) is 9.87. The number of benzene rings is 8. The third-order valence-corrected chi connectivity index (χ3v) is 18.3. The lowest BCUT2D eigenvalue weighted by molar-refractivity contribution is 0.101. The van der Waals surface area contributed by atoms with E-state index in [1.165, 1.54) is 48.5 Å². The number of carbonyl (C=O) groups excluding carboxylic acids is 4. The Morgan fingerprint density at radius 3 is 1.33 bits per heavy atom. The highest BCUT2D eigenvalue weighted by Crippen LogP contribution is 2.35. The Bertz CT molecular complexity index is 6200. The van der Waals surface area contributed by atoms with E-state index in [-0.39, 0.29) is 34.5 Å². The summed E-state index contributed by atoms with van der Waals surface area (Å²) in [5.41, 5.74) is 6.92. The molecule has 17 rings (SSSR count). The van der Waals surface area contributed by atoms with Crippen LogP contribution in [0.1, 0.15) is 71.0 Å². The Kier molecular flexibility index (Phi) is 22.0. The molecule has 1 aliphatic rings. The molecule has 0 saturated carbocycles. The van der Waals surface area contributed by atoms with Crippen LogP contribution < -0.4 is 26.0 Å². The number of fused-ring (bicyclic) bond motifs is 4. The Morgan fingerprint density at radius 1 is 0.430 bits per heavy atom. The molecule has 26 nitrogen and oxygen atoms in total. The molecule has 0 aliphatic carbocycles.